The largest absolute Gasteiger partial charge is 0.484 e. The van der Waals surface area contributed by atoms with Crippen LogP contribution in [0.2, 0.25) is 0 Å². The molecule has 1 N–H and O–H groups in total. The third-order valence-corrected chi connectivity index (χ3v) is 3.41. The maximum atomic E-state index is 11.9. The molecule has 1 radical (unpaired) electrons. The van der Waals surface area contributed by atoms with Gasteiger partial charge in [0.1, 0.15) is 5.75 Å². The highest BCUT2D eigenvalue weighted by Gasteiger charge is 2.27. The standard InChI is InChI=1S/C15H15N4O3/c1-10(20)19-7-12-13(8-19)17-18-15(12)16-14(21)9-22-11-5-3-2-4-6-11/h2-6H,7-9H2,1H3,(H,17,18). The van der Waals surface area contributed by atoms with Crippen molar-refractivity contribution in [2.75, 3.05) is 6.61 Å². The molecule has 0 spiro atoms. The van der Waals surface area contributed by atoms with E-state index in [1.807, 2.05) is 18.2 Å². The molecular formula is C15H15N4O3. The summed E-state index contributed by atoms with van der Waals surface area (Å²) in [4.78, 5) is 24.9. The number of nitrogens with zero attached hydrogens (tertiary/aromatic N) is 3. The summed E-state index contributed by atoms with van der Waals surface area (Å²) in [6, 6.07) is 9.06. The summed E-state index contributed by atoms with van der Waals surface area (Å²) >= 11 is 0. The van der Waals surface area contributed by atoms with Crippen molar-refractivity contribution in [1.29, 1.82) is 0 Å². The van der Waals surface area contributed by atoms with Crippen LogP contribution in [-0.4, -0.2) is 33.5 Å². The van der Waals surface area contributed by atoms with Gasteiger partial charge in [0.15, 0.2) is 12.4 Å². The van der Waals surface area contributed by atoms with Crippen LogP contribution in [0.15, 0.2) is 30.3 Å². The topological polar surface area (TPSA) is 89.4 Å². The Balaban J connectivity index is 1.58. The van der Waals surface area contributed by atoms with Crippen LogP contribution in [0.25, 0.3) is 0 Å². The highest BCUT2D eigenvalue weighted by Crippen LogP contribution is 2.27. The average molecular weight is 299 g/mol. The Morgan fingerprint density at radius 2 is 2.09 bits per heavy atom. The molecule has 0 aliphatic carbocycles. The van der Waals surface area contributed by atoms with Crippen LogP contribution in [0.4, 0.5) is 5.82 Å². The number of rotatable bonds is 4. The van der Waals surface area contributed by atoms with Crippen molar-refractivity contribution in [1.82, 2.24) is 20.4 Å². The molecule has 1 aromatic heterocycles. The lowest BCUT2D eigenvalue weighted by atomic mass is 10.3. The fourth-order valence-electron chi connectivity index (χ4n) is 2.25. The normalized spacial score (nSPS) is 12.9. The fourth-order valence-corrected chi connectivity index (χ4v) is 2.25. The molecule has 1 aliphatic heterocycles. The van der Waals surface area contributed by atoms with Crippen LogP contribution in [-0.2, 0) is 22.7 Å². The molecule has 113 valence electrons. The Labute approximate surface area is 127 Å². The number of aromatic nitrogens is 2. The number of H-pyrrole nitrogens is 1. The molecule has 22 heavy (non-hydrogen) atoms. The average Bonchev–Trinajstić information content (AvgIpc) is 3.08. The molecule has 1 aromatic carbocycles. The Morgan fingerprint density at radius 3 is 2.82 bits per heavy atom. The van der Waals surface area contributed by atoms with Crippen molar-refractivity contribution in [3.8, 4) is 5.75 Å². The molecule has 0 fully saturated rings. The zero-order chi connectivity index (χ0) is 15.5. The van der Waals surface area contributed by atoms with E-state index in [0.29, 0.717) is 24.7 Å². The summed E-state index contributed by atoms with van der Waals surface area (Å²) in [6.07, 6.45) is 0. The monoisotopic (exact) mass is 299 g/mol. The predicted molar refractivity (Wildman–Crippen MR) is 77.3 cm³/mol. The SMILES string of the molecule is CC(=O)N1Cc2[nH]nc([N]C(=O)COc3ccccc3)c2C1. The van der Waals surface area contributed by atoms with Gasteiger partial charge in [-0.25, -0.2) is 0 Å². The number of hydrogen-bond acceptors (Lipinski definition) is 4. The van der Waals surface area contributed by atoms with E-state index in [9.17, 15) is 9.59 Å². The minimum atomic E-state index is -0.417. The lowest BCUT2D eigenvalue weighted by Gasteiger charge is -2.12. The molecule has 2 aromatic rings. The van der Waals surface area contributed by atoms with Gasteiger partial charge in [0, 0.05) is 12.5 Å². The maximum absolute atomic E-state index is 11.9. The smallest absolute Gasteiger partial charge is 0.285 e. The van der Waals surface area contributed by atoms with Gasteiger partial charge >= 0.3 is 0 Å². The van der Waals surface area contributed by atoms with Crippen LogP contribution in [0, 0.1) is 0 Å². The Kier molecular flexibility index (Phi) is 3.78. The number of para-hydroxylation sites is 1. The van der Waals surface area contributed by atoms with Crippen molar-refractivity contribution in [2.24, 2.45) is 0 Å². The van der Waals surface area contributed by atoms with Gasteiger partial charge in [-0.3, -0.25) is 14.7 Å². The Bertz CT molecular complexity index is 696. The number of ether oxygens (including phenoxy) is 1. The fraction of sp³-hybridized carbons (Fsp3) is 0.267. The molecule has 7 heteroatoms. The quantitative estimate of drug-likeness (QED) is 0.916. The van der Waals surface area contributed by atoms with E-state index in [-0.39, 0.29) is 12.5 Å². The number of carbonyl (C=O) groups is 2. The van der Waals surface area contributed by atoms with Gasteiger partial charge in [-0.1, -0.05) is 18.2 Å². The second-order valence-corrected chi connectivity index (χ2v) is 4.99. The minimum absolute atomic E-state index is 0.0192. The van der Waals surface area contributed by atoms with Gasteiger partial charge in [-0.15, -0.1) is 0 Å². The lowest BCUT2D eigenvalue weighted by Crippen LogP contribution is -2.23. The van der Waals surface area contributed by atoms with E-state index < -0.39 is 5.91 Å². The Morgan fingerprint density at radius 1 is 1.32 bits per heavy atom. The van der Waals surface area contributed by atoms with Crippen LogP contribution in [0.5, 0.6) is 5.75 Å². The van der Waals surface area contributed by atoms with E-state index in [4.69, 9.17) is 4.74 Å². The molecule has 2 heterocycles. The van der Waals surface area contributed by atoms with Gasteiger partial charge in [0.2, 0.25) is 5.91 Å². The molecular weight excluding hydrogens is 284 g/mol. The first-order chi connectivity index (χ1) is 10.6. The van der Waals surface area contributed by atoms with Crippen molar-refractivity contribution in [3.63, 3.8) is 0 Å². The van der Waals surface area contributed by atoms with E-state index in [0.717, 1.165) is 11.3 Å². The Hall–Kier alpha value is -2.83. The second kappa shape index (κ2) is 5.88. The first kappa shape index (κ1) is 14.1. The molecule has 7 nitrogen and oxygen atoms in total. The van der Waals surface area contributed by atoms with Gasteiger partial charge in [-0.2, -0.15) is 10.4 Å². The van der Waals surface area contributed by atoms with Gasteiger partial charge in [0.05, 0.1) is 18.8 Å². The van der Waals surface area contributed by atoms with Crippen LogP contribution >= 0.6 is 0 Å². The van der Waals surface area contributed by atoms with E-state index >= 15 is 0 Å². The molecule has 0 bridgehead atoms. The van der Waals surface area contributed by atoms with Gasteiger partial charge in [-0.05, 0) is 12.1 Å². The molecule has 0 atom stereocenters. The summed E-state index contributed by atoms with van der Waals surface area (Å²) in [5, 5.41) is 10.8. The summed E-state index contributed by atoms with van der Waals surface area (Å²) in [7, 11) is 0. The summed E-state index contributed by atoms with van der Waals surface area (Å²) < 4.78 is 5.35. The van der Waals surface area contributed by atoms with Crippen molar-refractivity contribution < 1.29 is 14.3 Å². The highest BCUT2D eigenvalue weighted by atomic mass is 16.5. The van der Waals surface area contributed by atoms with E-state index in [1.54, 1.807) is 17.0 Å². The first-order valence-electron chi connectivity index (χ1n) is 6.87. The number of aromatic amines is 1. The third kappa shape index (κ3) is 2.93. The number of hydrogen-bond donors (Lipinski definition) is 1. The van der Waals surface area contributed by atoms with Crippen molar-refractivity contribution >= 4 is 17.6 Å². The zero-order valence-corrected chi connectivity index (χ0v) is 12.1. The summed E-state index contributed by atoms with van der Waals surface area (Å²) in [6.45, 7) is 2.26. The van der Waals surface area contributed by atoms with Crippen LogP contribution < -0.4 is 10.1 Å². The van der Waals surface area contributed by atoms with Gasteiger partial charge < -0.3 is 9.64 Å². The highest BCUT2D eigenvalue weighted by molar-refractivity contribution is 5.82. The molecule has 2 amide bonds. The van der Waals surface area contributed by atoms with Gasteiger partial charge in [0.25, 0.3) is 5.91 Å². The number of carbonyl (C=O) groups excluding carboxylic acids is 2. The summed E-state index contributed by atoms with van der Waals surface area (Å²) in [5.74, 6) is 0.509. The molecule has 0 saturated heterocycles. The zero-order valence-electron chi connectivity index (χ0n) is 12.1. The molecule has 0 saturated carbocycles. The maximum Gasteiger partial charge on any atom is 0.285 e. The van der Waals surface area contributed by atoms with E-state index in [2.05, 4.69) is 15.5 Å². The summed E-state index contributed by atoms with van der Waals surface area (Å²) in [5.41, 5.74) is 1.62. The minimum Gasteiger partial charge on any atom is -0.484 e. The molecule has 0 unspecified atom stereocenters. The van der Waals surface area contributed by atoms with Crippen LogP contribution in [0.3, 0.4) is 0 Å². The number of benzene rings is 1. The third-order valence-electron chi connectivity index (χ3n) is 3.41. The van der Waals surface area contributed by atoms with Crippen molar-refractivity contribution in [2.45, 2.75) is 20.0 Å². The lowest BCUT2D eigenvalue weighted by molar-refractivity contribution is -0.129. The number of fused-ring (bicyclic) bond motifs is 1. The molecule has 1 aliphatic rings. The van der Waals surface area contributed by atoms with E-state index in [1.165, 1.54) is 6.92 Å². The number of nitrogens with one attached hydrogen (secondary N) is 1. The first-order valence-corrected chi connectivity index (χ1v) is 6.87. The number of amides is 2. The van der Waals surface area contributed by atoms with Crippen LogP contribution in [0.1, 0.15) is 18.2 Å². The molecule has 3 rings (SSSR count). The second-order valence-electron chi connectivity index (χ2n) is 4.99. The van der Waals surface area contributed by atoms with Crippen molar-refractivity contribution in [3.05, 3.63) is 41.6 Å². The predicted octanol–water partition coefficient (Wildman–Crippen LogP) is 1.11.